The fourth-order valence-electron chi connectivity index (χ4n) is 3.01. The monoisotopic (exact) mass is 271 g/mol. The van der Waals surface area contributed by atoms with E-state index in [-0.39, 0.29) is 6.04 Å². The van der Waals surface area contributed by atoms with E-state index in [0.717, 1.165) is 31.7 Å². The molecule has 1 fully saturated rings. The number of alkyl halides is 3. The number of hydrogen-bond donors (Lipinski definition) is 1. The minimum Gasteiger partial charge on any atom is -0.324 e. The second kappa shape index (κ2) is 5.53. The molecular formula is C15H20F3N. The molecule has 0 saturated heterocycles. The van der Waals surface area contributed by atoms with Crippen LogP contribution in [0.3, 0.4) is 0 Å². The van der Waals surface area contributed by atoms with Crippen molar-refractivity contribution in [2.24, 2.45) is 17.6 Å². The van der Waals surface area contributed by atoms with Gasteiger partial charge in [-0.25, -0.2) is 0 Å². The second-order valence-electron chi connectivity index (χ2n) is 5.50. The van der Waals surface area contributed by atoms with Crippen molar-refractivity contribution in [2.75, 3.05) is 0 Å². The summed E-state index contributed by atoms with van der Waals surface area (Å²) in [6.07, 6.45) is 0.0425. The van der Waals surface area contributed by atoms with Crippen molar-refractivity contribution in [3.63, 3.8) is 0 Å². The number of nitrogens with two attached hydrogens (primary N) is 1. The van der Waals surface area contributed by atoms with Gasteiger partial charge in [-0.2, -0.15) is 13.2 Å². The van der Waals surface area contributed by atoms with Crippen LogP contribution < -0.4 is 5.73 Å². The van der Waals surface area contributed by atoms with Crippen molar-refractivity contribution < 1.29 is 13.2 Å². The summed E-state index contributed by atoms with van der Waals surface area (Å²) >= 11 is 0. The Morgan fingerprint density at radius 1 is 1.32 bits per heavy atom. The zero-order chi connectivity index (χ0) is 14.0. The highest BCUT2D eigenvalue weighted by Crippen LogP contribution is 2.40. The van der Waals surface area contributed by atoms with Gasteiger partial charge in [0, 0.05) is 6.04 Å². The zero-order valence-electron chi connectivity index (χ0n) is 11.1. The molecule has 1 aromatic rings. The summed E-state index contributed by atoms with van der Waals surface area (Å²) in [6, 6.07) is 5.17. The lowest BCUT2D eigenvalue weighted by molar-refractivity contribution is -0.137. The molecule has 0 aromatic heterocycles. The maximum atomic E-state index is 12.7. The number of benzene rings is 1. The van der Waals surface area contributed by atoms with Crippen LogP contribution in [0.5, 0.6) is 0 Å². The van der Waals surface area contributed by atoms with E-state index in [9.17, 15) is 13.2 Å². The van der Waals surface area contributed by atoms with Gasteiger partial charge in [0.1, 0.15) is 0 Å². The lowest BCUT2D eigenvalue weighted by Gasteiger charge is -2.21. The third-order valence-electron chi connectivity index (χ3n) is 4.27. The van der Waals surface area contributed by atoms with Crippen molar-refractivity contribution >= 4 is 0 Å². The van der Waals surface area contributed by atoms with E-state index >= 15 is 0 Å². The van der Waals surface area contributed by atoms with Crippen LogP contribution in [-0.2, 0) is 6.18 Å². The van der Waals surface area contributed by atoms with Gasteiger partial charge in [-0.15, -0.1) is 0 Å². The molecule has 3 unspecified atom stereocenters. The van der Waals surface area contributed by atoms with Crippen LogP contribution in [0.15, 0.2) is 24.3 Å². The predicted molar refractivity (Wildman–Crippen MR) is 69.5 cm³/mol. The largest absolute Gasteiger partial charge is 0.416 e. The van der Waals surface area contributed by atoms with Crippen LogP contribution in [0, 0.1) is 11.8 Å². The molecule has 19 heavy (non-hydrogen) atoms. The van der Waals surface area contributed by atoms with Crippen molar-refractivity contribution in [2.45, 2.75) is 44.8 Å². The Balaban J connectivity index is 2.13. The van der Waals surface area contributed by atoms with E-state index in [4.69, 9.17) is 5.73 Å². The molecule has 2 N–H and O–H groups in total. The quantitative estimate of drug-likeness (QED) is 0.858. The summed E-state index contributed by atoms with van der Waals surface area (Å²) < 4.78 is 38.1. The van der Waals surface area contributed by atoms with Gasteiger partial charge in [-0.05, 0) is 42.4 Å². The zero-order valence-corrected chi connectivity index (χ0v) is 11.1. The fourth-order valence-corrected chi connectivity index (χ4v) is 3.01. The average molecular weight is 271 g/mol. The first-order valence-electron chi connectivity index (χ1n) is 6.84. The highest BCUT2D eigenvalue weighted by Gasteiger charge is 2.33. The number of hydrogen-bond acceptors (Lipinski definition) is 1. The van der Waals surface area contributed by atoms with E-state index in [1.165, 1.54) is 12.1 Å². The highest BCUT2D eigenvalue weighted by molar-refractivity contribution is 5.28. The Morgan fingerprint density at radius 3 is 2.63 bits per heavy atom. The average Bonchev–Trinajstić information content (AvgIpc) is 2.86. The first-order valence-corrected chi connectivity index (χ1v) is 6.84. The third-order valence-corrected chi connectivity index (χ3v) is 4.27. The standard InChI is InChI=1S/C15H20F3N/c1-2-10-6-7-12(8-10)14(19)11-4-3-5-13(9-11)15(16,17)18/h3-5,9-10,12,14H,2,6-8,19H2,1H3. The Bertz CT molecular complexity index is 428. The number of halogens is 3. The molecule has 106 valence electrons. The molecule has 1 aliphatic carbocycles. The summed E-state index contributed by atoms with van der Waals surface area (Å²) in [5, 5.41) is 0. The van der Waals surface area contributed by atoms with Crippen LogP contribution in [0.2, 0.25) is 0 Å². The Kier molecular flexibility index (Phi) is 4.19. The maximum absolute atomic E-state index is 12.7. The van der Waals surface area contributed by atoms with E-state index in [0.29, 0.717) is 17.4 Å². The van der Waals surface area contributed by atoms with E-state index in [1.54, 1.807) is 6.07 Å². The topological polar surface area (TPSA) is 26.0 Å². The van der Waals surface area contributed by atoms with Gasteiger partial charge in [-0.1, -0.05) is 31.9 Å². The molecule has 0 spiro atoms. The van der Waals surface area contributed by atoms with Gasteiger partial charge in [-0.3, -0.25) is 0 Å². The first-order chi connectivity index (χ1) is 8.91. The van der Waals surface area contributed by atoms with Crippen LogP contribution in [-0.4, -0.2) is 0 Å². The first kappa shape index (κ1) is 14.4. The smallest absolute Gasteiger partial charge is 0.324 e. The molecule has 2 rings (SSSR count). The van der Waals surface area contributed by atoms with E-state index < -0.39 is 11.7 Å². The molecule has 0 bridgehead atoms. The molecule has 0 amide bonds. The fraction of sp³-hybridized carbons (Fsp3) is 0.600. The van der Waals surface area contributed by atoms with Gasteiger partial charge >= 0.3 is 6.18 Å². The lowest BCUT2D eigenvalue weighted by atomic mass is 9.90. The minimum absolute atomic E-state index is 0.279. The molecule has 0 aliphatic heterocycles. The van der Waals surface area contributed by atoms with Crippen molar-refractivity contribution in [1.29, 1.82) is 0 Å². The van der Waals surface area contributed by atoms with Gasteiger partial charge < -0.3 is 5.73 Å². The number of rotatable bonds is 3. The molecule has 1 nitrogen and oxygen atoms in total. The summed E-state index contributed by atoms with van der Waals surface area (Å²) in [6.45, 7) is 2.16. The molecule has 0 heterocycles. The van der Waals surface area contributed by atoms with E-state index in [1.807, 2.05) is 0 Å². The normalized spacial score (nSPS) is 25.5. The molecule has 1 aliphatic rings. The minimum atomic E-state index is -4.29. The lowest BCUT2D eigenvalue weighted by Crippen LogP contribution is -2.20. The third kappa shape index (κ3) is 3.30. The Labute approximate surface area is 112 Å². The molecule has 4 heteroatoms. The van der Waals surface area contributed by atoms with Gasteiger partial charge in [0.25, 0.3) is 0 Å². The van der Waals surface area contributed by atoms with Crippen molar-refractivity contribution in [3.05, 3.63) is 35.4 Å². The molecular weight excluding hydrogens is 251 g/mol. The van der Waals surface area contributed by atoms with E-state index in [2.05, 4.69) is 6.92 Å². The predicted octanol–water partition coefficient (Wildman–Crippen LogP) is 4.53. The molecule has 3 atom stereocenters. The van der Waals surface area contributed by atoms with Crippen LogP contribution in [0.4, 0.5) is 13.2 Å². The SMILES string of the molecule is CCC1CCC(C(N)c2cccc(C(F)(F)F)c2)C1. The van der Waals surface area contributed by atoms with Gasteiger partial charge in [0.05, 0.1) is 5.56 Å². The van der Waals surface area contributed by atoms with Gasteiger partial charge in [0.15, 0.2) is 0 Å². The second-order valence-corrected chi connectivity index (χ2v) is 5.50. The van der Waals surface area contributed by atoms with Crippen LogP contribution >= 0.6 is 0 Å². The maximum Gasteiger partial charge on any atom is 0.416 e. The Hall–Kier alpha value is -1.03. The van der Waals surface area contributed by atoms with Gasteiger partial charge in [0.2, 0.25) is 0 Å². The molecule has 1 saturated carbocycles. The highest BCUT2D eigenvalue weighted by atomic mass is 19.4. The summed E-state index contributed by atoms with van der Waals surface area (Å²) in [5.41, 5.74) is 6.16. The Morgan fingerprint density at radius 2 is 2.05 bits per heavy atom. The van der Waals surface area contributed by atoms with Crippen molar-refractivity contribution in [3.8, 4) is 0 Å². The van der Waals surface area contributed by atoms with Crippen molar-refractivity contribution in [1.82, 2.24) is 0 Å². The molecule has 0 radical (unpaired) electrons. The van der Waals surface area contributed by atoms with Crippen LogP contribution in [0.25, 0.3) is 0 Å². The van der Waals surface area contributed by atoms with Crippen LogP contribution in [0.1, 0.15) is 49.8 Å². The molecule has 1 aromatic carbocycles. The summed E-state index contributed by atoms with van der Waals surface area (Å²) in [7, 11) is 0. The summed E-state index contributed by atoms with van der Waals surface area (Å²) in [5.74, 6) is 0.996. The summed E-state index contributed by atoms with van der Waals surface area (Å²) in [4.78, 5) is 0.